The van der Waals surface area contributed by atoms with E-state index in [2.05, 4.69) is 10.3 Å². The van der Waals surface area contributed by atoms with Gasteiger partial charge in [0.05, 0.1) is 21.7 Å². The minimum absolute atomic E-state index is 0.0527. The van der Waals surface area contributed by atoms with E-state index in [0.29, 0.717) is 5.82 Å². The number of anilines is 2. The fourth-order valence-corrected chi connectivity index (χ4v) is 3.16. The van der Waals surface area contributed by atoms with Crippen LogP contribution in [0.25, 0.3) is 0 Å². The lowest BCUT2D eigenvalue weighted by molar-refractivity contribution is -0.384. The lowest BCUT2D eigenvalue weighted by Gasteiger charge is -2.13. The van der Waals surface area contributed by atoms with E-state index in [1.807, 2.05) is 0 Å². The highest BCUT2D eigenvalue weighted by Crippen LogP contribution is 2.31. The second-order valence-electron chi connectivity index (χ2n) is 6.61. The molecule has 148 valence electrons. The molecule has 0 saturated heterocycles. The molecule has 3 aromatic rings. The normalized spacial score (nSPS) is 12.6. The highest BCUT2D eigenvalue weighted by Gasteiger charge is 2.37. The maximum Gasteiger partial charge on any atom is 0.271 e. The van der Waals surface area contributed by atoms with Gasteiger partial charge in [0, 0.05) is 23.9 Å². The van der Waals surface area contributed by atoms with Crippen molar-refractivity contribution in [2.24, 2.45) is 0 Å². The molecule has 0 atom stereocenters. The predicted molar refractivity (Wildman–Crippen MR) is 108 cm³/mol. The summed E-state index contributed by atoms with van der Waals surface area (Å²) < 4.78 is 0. The molecule has 9 nitrogen and oxygen atoms in total. The summed E-state index contributed by atoms with van der Waals surface area (Å²) in [6.45, 7) is 1.80. The fraction of sp³-hybridized carbons (Fsp3) is 0.0476. The van der Waals surface area contributed by atoms with Crippen LogP contribution < -0.4 is 10.2 Å². The number of hydrogen-bond donors (Lipinski definition) is 1. The van der Waals surface area contributed by atoms with Crippen LogP contribution in [0, 0.1) is 17.0 Å². The van der Waals surface area contributed by atoms with Crippen molar-refractivity contribution in [1.82, 2.24) is 4.98 Å². The predicted octanol–water partition coefficient (Wildman–Crippen LogP) is 3.35. The zero-order valence-corrected chi connectivity index (χ0v) is 15.7. The number of fused-ring (bicyclic) bond motifs is 1. The third-order valence-corrected chi connectivity index (χ3v) is 4.69. The molecule has 0 radical (unpaired) electrons. The number of pyridine rings is 1. The first kappa shape index (κ1) is 18.9. The quantitative estimate of drug-likeness (QED) is 0.406. The van der Waals surface area contributed by atoms with Gasteiger partial charge in [-0.05, 0) is 42.8 Å². The number of hydrogen-bond acceptors (Lipinski definition) is 6. The van der Waals surface area contributed by atoms with Crippen LogP contribution in [-0.4, -0.2) is 27.6 Å². The molecular weight excluding hydrogens is 388 g/mol. The van der Waals surface area contributed by atoms with E-state index in [1.54, 1.807) is 25.3 Å². The summed E-state index contributed by atoms with van der Waals surface area (Å²) in [7, 11) is 0. The summed E-state index contributed by atoms with van der Waals surface area (Å²) in [4.78, 5) is 53.6. The van der Waals surface area contributed by atoms with Crippen molar-refractivity contribution >= 4 is 34.9 Å². The Hall–Kier alpha value is -4.40. The number of nitro groups is 1. The number of nitrogens with one attached hydrogen (secondary N) is 1. The molecule has 1 N–H and O–H groups in total. The van der Waals surface area contributed by atoms with Crippen molar-refractivity contribution in [2.75, 3.05) is 10.2 Å². The van der Waals surface area contributed by atoms with E-state index in [-0.39, 0.29) is 28.1 Å². The number of amides is 3. The number of aryl methyl sites for hydroxylation is 1. The van der Waals surface area contributed by atoms with Gasteiger partial charge >= 0.3 is 0 Å². The molecule has 0 saturated carbocycles. The Morgan fingerprint density at radius 1 is 1.03 bits per heavy atom. The molecule has 0 fully saturated rings. The van der Waals surface area contributed by atoms with Gasteiger partial charge in [0.15, 0.2) is 0 Å². The minimum atomic E-state index is -0.654. The molecule has 1 aliphatic rings. The summed E-state index contributed by atoms with van der Waals surface area (Å²) in [5.74, 6) is -1.35. The van der Waals surface area contributed by atoms with Crippen molar-refractivity contribution in [3.8, 4) is 0 Å². The smallest absolute Gasteiger partial charge is 0.271 e. The summed E-state index contributed by atoms with van der Waals surface area (Å²) in [5, 5.41) is 13.7. The number of imide groups is 1. The van der Waals surface area contributed by atoms with Crippen molar-refractivity contribution < 1.29 is 19.3 Å². The molecule has 0 aliphatic carbocycles. The Bertz CT molecular complexity index is 1240. The number of nitrogens with zero attached hydrogens (tertiary/aromatic N) is 3. The van der Waals surface area contributed by atoms with E-state index in [0.717, 1.165) is 16.5 Å². The van der Waals surface area contributed by atoms with E-state index < -0.39 is 22.6 Å². The average molecular weight is 402 g/mol. The van der Waals surface area contributed by atoms with Crippen LogP contribution >= 0.6 is 0 Å². The lowest BCUT2D eigenvalue weighted by atomic mass is 10.1. The van der Waals surface area contributed by atoms with Gasteiger partial charge in [0.1, 0.15) is 5.82 Å². The molecule has 9 heteroatoms. The lowest BCUT2D eigenvalue weighted by Crippen LogP contribution is -2.29. The van der Waals surface area contributed by atoms with Gasteiger partial charge in [-0.1, -0.05) is 12.1 Å². The largest absolute Gasteiger partial charge is 0.306 e. The van der Waals surface area contributed by atoms with Crippen molar-refractivity contribution in [3.05, 3.63) is 93.2 Å². The summed E-state index contributed by atoms with van der Waals surface area (Å²) in [5.41, 5.74) is 0.977. The van der Waals surface area contributed by atoms with Crippen LogP contribution in [0.1, 0.15) is 36.6 Å². The number of nitro benzene ring substituents is 1. The summed E-state index contributed by atoms with van der Waals surface area (Å²) in [6, 6.07) is 13.0. The van der Waals surface area contributed by atoms with Gasteiger partial charge in [-0.3, -0.25) is 24.5 Å². The van der Waals surface area contributed by atoms with E-state index in [1.165, 1.54) is 36.4 Å². The van der Waals surface area contributed by atoms with Gasteiger partial charge in [-0.25, -0.2) is 9.88 Å². The Balaban J connectivity index is 1.65. The first-order chi connectivity index (χ1) is 14.4. The number of aromatic nitrogens is 1. The third-order valence-electron chi connectivity index (χ3n) is 4.69. The fourth-order valence-electron chi connectivity index (χ4n) is 3.16. The van der Waals surface area contributed by atoms with Crippen LogP contribution in [-0.2, 0) is 0 Å². The standard InChI is InChI=1S/C21H14N4O5/c1-12-4-3-9-22-18(12)23-19(26)13-7-8-16-17(10-13)21(28)24(20(16)27)14-5-2-6-15(11-14)25(29)30/h2-11H,1H3,(H,22,23,26). The van der Waals surface area contributed by atoms with E-state index >= 15 is 0 Å². The van der Waals surface area contributed by atoms with Crippen molar-refractivity contribution in [1.29, 1.82) is 0 Å². The molecule has 0 unspecified atom stereocenters. The van der Waals surface area contributed by atoms with Gasteiger partial charge < -0.3 is 5.32 Å². The van der Waals surface area contributed by atoms with E-state index in [4.69, 9.17) is 0 Å². The van der Waals surface area contributed by atoms with Crippen LogP contribution in [0.3, 0.4) is 0 Å². The monoisotopic (exact) mass is 402 g/mol. The third kappa shape index (κ3) is 3.18. The molecule has 2 aromatic carbocycles. The molecule has 30 heavy (non-hydrogen) atoms. The number of carbonyl (C=O) groups excluding carboxylic acids is 3. The van der Waals surface area contributed by atoms with Gasteiger partial charge in [-0.2, -0.15) is 0 Å². The van der Waals surface area contributed by atoms with Crippen LogP contribution in [0.5, 0.6) is 0 Å². The maximum absolute atomic E-state index is 12.9. The number of rotatable bonds is 4. The first-order valence-corrected chi connectivity index (χ1v) is 8.87. The second-order valence-corrected chi connectivity index (χ2v) is 6.61. The Kier molecular flexibility index (Phi) is 4.55. The molecule has 3 amide bonds. The van der Waals surface area contributed by atoms with Gasteiger partial charge in [-0.15, -0.1) is 0 Å². The number of carbonyl (C=O) groups is 3. The Labute approximate surface area is 170 Å². The Morgan fingerprint density at radius 2 is 1.80 bits per heavy atom. The summed E-state index contributed by atoms with van der Waals surface area (Å²) >= 11 is 0. The molecule has 4 rings (SSSR count). The van der Waals surface area contributed by atoms with Crippen LogP contribution in [0.15, 0.2) is 60.8 Å². The van der Waals surface area contributed by atoms with Crippen molar-refractivity contribution in [3.63, 3.8) is 0 Å². The number of benzene rings is 2. The molecule has 2 heterocycles. The van der Waals surface area contributed by atoms with Crippen LogP contribution in [0.4, 0.5) is 17.2 Å². The van der Waals surface area contributed by atoms with Crippen molar-refractivity contribution in [2.45, 2.75) is 6.92 Å². The molecular formula is C21H14N4O5. The number of non-ortho nitro benzene ring substituents is 1. The average Bonchev–Trinajstić information content (AvgIpc) is 2.99. The topological polar surface area (TPSA) is 123 Å². The zero-order chi connectivity index (χ0) is 21.4. The van der Waals surface area contributed by atoms with Gasteiger partial charge in [0.25, 0.3) is 23.4 Å². The molecule has 0 bridgehead atoms. The maximum atomic E-state index is 12.9. The highest BCUT2D eigenvalue weighted by molar-refractivity contribution is 6.34. The van der Waals surface area contributed by atoms with Crippen LogP contribution in [0.2, 0.25) is 0 Å². The zero-order valence-electron chi connectivity index (χ0n) is 15.7. The minimum Gasteiger partial charge on any atom is -0.306 e. The summed E-state index contributed by atoms with van der Waals surface area (Å²) in [6.07, 6.45) is 1.55. The second kappa shape index (κ2) is 7.21. The highest BCUT2D eigenvalue weighted by atomic mass is 16.6. The molecule has 0 spiro atoms. The molecule has 1 aliphatic heterocycles. The Morgan fingerprint density at radius 3 is 2.53 bits per heavy atom. The first-order valence-electron chi connectivity index (χ1n) is 8.87. The van der Waals surface area contributed by atoms with E-state index in [9.17, 15) is 24.5 Å². The SMILES string of the molecule is Cc1cccnc1NC(=O)c1ccc2c(c1)C(=O)N(c1cccc([N+](=O)[O-])c1)C2=O. The van der Waals surface area contributed by atoms with Gasteiger partial charge in [0.2, 0.25) is 0 Å². The molecule has 1 aromatic heterocycles.